The van der Waals surface area contributed by atoms with Gasteiger partial charge in [0.05, 0.1) is 16.8 Å². The highest BCUT2D eigenvalue weighted by molar-refractivity contribution is 7.16. The molecule has 1 heterocycles. The summed E-state index contributed by atoms with van der Waals surface area (Å²) in [6.07, 6.45) is 2.89. The molecule has 0 unspecified atom stereocenters. The van der Waals surface area contributed by atoms with E-state index >= 15 is 0 Å². The number of benzene rings is 1. The zero-order valence-corrected chi connectivity index (χ0v) is 12.0. The van der Waals surface area contributed by atoms with E-state index in [1.807, 2.05) is 0 Å². The topological polar surface area (TPSA) is 99.1 Å². The van der Waals surface area contributed by atoms with E-state index in [4.69, 9.17) is 5.73 Å². The van der Waals surface area contributed by atoms with Crippen LogP contribution in [0.25, 0.3) is 0 Å². The number of thiophene rings is 1. The normalized spacial score (nSPS) is 12.7. The van der Waals surface area contributed by atoms with E-state index in [-0.39, 0.29) is 17.0 Å². The standard InChI is InChI=1S/C15H13N3O2S/c16-7-10-8-3-2-6-12(8)21-15(10)18-14(20)9-4-1-5-11(17)13(9)19/h1,4-5,19H,2-3,6,17H2,(H,18,20). The van der Waals surface area contributed by atoms with E-state index in [0.29, 0.717) is 10.6 Å². The van der Waals surface area contributed by atoms with E-state index in [0.717, 1.165) is 24.8 Å². The summed E-state index contributed by atoms with van der Waals surface area (Å²) in [6, 6.07) is 6.78. The fourth-order valence-electron chi connectivity index (χ4n) is 2.53. The number of carbonyl (C=O) groups excluding carboxylic acids is 1. The maximum atomic E-state index is 12.3. The van der Waals surface area contributed by atoms with Gasteiger partial charge >= 0.3 is 0 Å². The van der Waals surface area contributed by atoms with Crippen molar-refractivity contribution < 1.29 is 9.90 Å². The fourth-order valence-corrected chi connectivity index (χ4v) is 3.76. The monoisotopic (exact) mass is 299 g/mol. The van der Waals surface area contributed by atoms with Crippen molar-refractivity contribution in [1.82, 2.24) is 0 Å². The zero-order chi connectivity index (χ0) is 15.0. The van der Waals surface area contributed by atoms with Gasteiger partial charge in [-0.15, -0.1) is 11.3 Å². The lowest BCUT2D eigenvalue weighted by molar-refractivity contribution is 0.102. The van der Waals surface area contributed by atoms with Gasteiger partial charge in [0, 0.05) is 4.88 Å². The Hall–Kier alpha value is -2.52. The average Bonchev–Trinajstić information content (AvgIpc) is 3.02. The molecule has 3 rings (SSSR count). The summed E-state index contributed by atoms with van der Waals surface area (Å²) in [7, 11) is 0. The molecule has 0 aliphatic heterocycles. The summed E-state index contributed by atoms with van der Waals surface area (Å²) >= 11 is 1.44. The number of amides is 1. The molecule has 1 aromatic carbocycles. The first-order valence-electron chi connectivity index (χ1n) is 6.55. The van der Waals surface area contributed by atoms with Crippen LogP contribution >= 0.6 is 11.3 Å². The van der Waals surface area contributed by atoms with Gasteiger partial charge in [-0.25, -0.2) is 0 Å². The lowest BCUT2D eigenvalue weighted by atomic mass is 10.1. The van der Waals surface area contributed by atoms with Crippen LogP contribution < -0.4 is 11.1 Å². The van der Waals surface area contributed by atoms with Crippen LogP contribution in [0, 0.1) is 11.3 Å². The maximum absolute atomic E-state index is 12.3. The molecule has 5 nitrogen and oxygen atoms in total. The summed E-state index contributed by atoms with van der Waals surface area (Å²) in [5.41, 5.74) is 7.44. The first-order chi connectivity index (χ1) is 10.1. The molecule has 2 aromatic rings. The Morgan fingerprint density at radius 3 is 3.00 bits per heavy atom. The molecule has 1 amide bonds. The second kappa shape index (κ2) is 5.11. The van der Waals surface area contributed by atoms with Gasteiger partial charge in [0.15, 0.2) is 5.75 Å². The first kappa shape index (κ1) is 13.5. The van der Waals surface area contributed by atoms with Crippen LogP contribution in [0.5, 0.6) is 5.75 Å². The molecule has 0 spiro atoms. The lowest BCUT2D eigenvalue weighted by Gasteiger charge is -2.07. The van der Waals surface area contributed by atoms with E-state index in [1.165, 1.54) is 28.3 Å². The number of aromatic hydroxyl groups is 1. The number of phenolic OH excluding ortho intramolecular Hbond substituents is 1. The minimum Gasteiger partial charge on any atom is -0.505 e. The molecule has 1 aromatic heterocycles. The average molecular weight is 299 g/mol. The second-order valence-corrected chi connectivity index (χ2v) is 5.98. The molecule has 0 bridgehead atoms. The SMILES string of the molecule is N#Cc1c(NC(=O)c2cccc(N)c2O)sc2c1CCC2. The lowest BCUT2D eigenvalue weighted by Crippen LogP contribution is -2.12. The van der Waals surface area contributed by atoms with Crippen molar-refractivity contribution in [1.29, 1.82) is 5.26 Å². The molecule has 1 aliphatic carbocycles. The fraction of sp³-hybridized carbons (Fsp3) is 0.200. The summed E-state index contributed by atoms with van der Waals surface area (Å²) in [5, 5.41) is 22.4. The third-order valence-electron chi connectivity index (χ3n) is 3.57. The van der Waals surface area contributed by atoms with Crippen molar-refractivity contribution in [3.8, 4) is 11.8 Å². The van der Waals surface area contributed by atoms with Crippen LogP contribution in [0.2, 0.25) is 0 Å². The van der Waals surface area contributed by atoms with Gasteiger partial charge < -0.3 is 16.2 Å². The number of nitrogens with one attached hydrogen (secondary N) is 1. The number of para-hydroxylation sites is 1. The number of nitrogens with two attached hydrogens (primary N) is 1. The Labute approximate surface area is 125 Å². The minimum absolute atomic E-state index is 0.104. The molecule has 1 aliphatic rings. The van der Waals surface area contributed by atoms with Crippen LogP contribution in [-0.4, -0.2) is 11.0 Å². The van der Waals surface area contributed by atoms with Crippen molar-refractivity contribution in [3.05, 3.63) is 39.8 Å². The number of hydrogen-bond donors (Lipinski definition) is 3. The molecule has 4 N–H and O–H groups in total. The second-order valence-electron chi connectivity index (χ2n) is 4.87. The predicted molar refractivity (Wildman–Crippen MR) is 81.5 cm³/mol. The number of fused-ring (bicyclic) bond motifs is 1. The number of hydrogen-bond acceptors (Lipinski definition) is 5. The van der Waals surface area contributed by atoms with Crippen molar-refractivity contribution in [2.75, 3.05) is 11.1 Å². The van der Waals surface area contributed by atoms with Gasteiger partial charge in [-0.3, -0.25) is 4.79 Å². The number of rotatable bonds is 2. The summed E-state index contributed by atoms with van der Waals surface area (Å²) in [4.78, 5) is 13.4. The summed E-state index contributed by atoms with van der Waals surface area (Å²) in [6.45, 7) is 0. The number of nitrogen functional groups attached to an aromatic ring is 1. The van der Waals surface area contributed by atoms with Gasteiger partial charge in [0.1, 0.15) is 11.1 Å². The number of phenols is 1. The number of aryl methyl sites for hydroxylation is 1. The largest absolute Gasteiger partial charge is 0.505 e. The van der Waals surface area contributed by atoms with Crippen molar-refractivity contribution in [2.24, 2.45) is 0 Å². The van der Waals surface area contributed by atoms with Gasteiger partial charge in [-0.2, -0.15) is 5.26 Å². The van der Waals surface area contributed by atoms with E-state index < -0.39 is 5.91 Å². The van der Waals surface area contributed by atoms with Gasteiger partial charge in [-0.05, 0) is 37.0 Å². The van der Waals surface area contributed by atoms with E-state index in [2.05, 4.69) is 11.4 Å². The quantitative estimate of drug-likeness (QED) is 0.586. The smallest absolute Gasteiger partial charge is 0.260 e. The van der Waals surface area contributed by atoms with Crippen LogP contribution in [0.3, 0.4) is 0 Å². The molecule has 0 atom stereocenters. The first-order valence-corrected chi connectivity index (χ1v) is 7.37. The Morgan fingerprint density at radius 2 is 2.24 bits per heavy atom. The Morgan fingerprint density at radius 1 is 1.43 bits per heavy atom. The maximum Gasteiger partial charge on any atom is 0.260 e. The molecule has 6 heteroatoms. The Kier molecular flexibility index (Phi) is 3.28. The van der Waals surface area contributed by atoms with Crippen LogP contribution in [0.15, 0.2) is 18.2 Å². The Bertz CT molecular complexity index is 774. The molecule has 0 saturated carbocycles. The summed E-state index contributed by atoms with van der Waals surface area (Å²) < 4.78 is 0. The molecule has 106 valence electrons. The van der Waals surface area contributed by atoms with Gasteiger partial charge in [0.2, 0.25) is 0 Å². The van der Waals surface area contributed by atoms with Crippen molar-refractivity contribution in [3.63, 3.8) is 0 Å². The molecule has 21 heavy (non-hydrogen) atoms. The third-order valence-corrected chi connectivity index (χ3v) is 4.78. The van der Waals surface area contributed by atoms with Gasteiger partial charge in [-0.1, -0.05) is 6.07 Å². The molecule has 0 fully saturated rings. The minimum atomic E-state index is -0.462. The van der Waals surface area contributed by atoms with E-state index in [1.54, 1.807) is 6.07 Å². The van der Waals surface area contributed by atoms with Crippen LogP contribution in [0.1, 0.15) is 32.8 Å². The highest BCUT2D eigenvalue weighted by Crippen LogP contribution is 2.39. The molecular formula is C15H13N3O2S. The number of nitriles is 1. The zero-order valence-electron chi connectivity index (χ0n) is 11.1. The third kappa shape index (κ3) is 2.22. The highest BCUT2D eigenvalue weighted by atomic mass is 32.1. The number of carbonyl (C=O) groups is 1. The molecular weight excluding hydrogens is 286 g/mol. The Balaban J connectivity index is 1.93. The molecule has 0 radical (unpaired) electrons. The van der Waals surface area contributed by atoms with E-state index in [9.17, 15) is 15.2 Å². The molecule has 0 saturated heterocycles. The van der Waals surface area contributed by atoms with Crippen molar-refractivity contribution in [2.45, 2.75) is 19.3 Å². The highest BCUT2D eigenvalue weighted by Gasteiger charge is 2.24. The number of nitrogens with zero attached hydrogens (tertiary/aromatic N) is 1. The van der Waals surface area contributed by atoms with Crippen molar-refractivity contribution >= 4 is 27.9 Å². The predicted octanol–water partition coefficient (Wildman–Crippen LogP) is 2.65. The van der Waals surface area contributed by atoms with Gasteiger partial charge in [0.25, 0.3) is 5.91 Å². The van der Waals surface area contributed by atoms with Crippen LogP contribution in [-0.2, 0) is 12.8 Å². The summed E-state index contributed by atoms with van der Waals surface area (Å²) in [5.74, 6) is -0.700. The van der Waals surface area contributed by atoms with Crippen LogP contribution in [0.4, 0.5) is 10.7 Å². The number of anilines is 2.